The van der Waals surface area contributed by atoms with E-state index < -0.39 is 0 Å². The lowest BCUT2D eigenvalue weighted by molar-refractivity contribution is 0.349. The molecule has 0 saturated heterocycles. The van der Waals surface area contributed by atoms with Gasteiger partial charge in [-0.1, -0.05) is 27.7 Å². The van der Waals surface area contributed by atoms with Crippen molar-refractivity contribution in [3.8, 4) is 0 Å². The van der Waals surface area contributed by atoms with E-state index in [1.54, 1.807) is 0 Å². The molecule has 0 amide bonds. The van der Waals surface area contributed by atoms with Crippen LogP contribution in [-0.2, 0) is 6.42 Å². The van der Waals surface area contributed by atoms with Crippen molar-refractivity contribution in [3.63, 3.8) is 0 Å². The molecule has 0 bridgehead atoms. The van der Waals surface area contributed by atoms with Crippen molar-refractivity contribution >= 4 is 0 Å². The number of aromatic nitrogens is 2. The van der Waals surface area contributed by atoms with Crippen LogP contribution in [0.25, 0.3) is 0 Å². The maximum Gasteiger partial charge on any atom is 0.0676 e. The normalized spacial score (nSPS) is 13.8. The first-order chi connectivity index (χ1) is 7.83. The molecule has 1 rings (SSSR count). The highest BCUT2D eigenvalue weighted by atomic mass is 15.1. The zero-order chi connectivity index (χ0) is 13.1. The summed E-state index contributed by atoms with van der Waals surface area (Å²) in [5.41, 5.74) is 9.77. The van der Waals surface area contributed by atoms with Gasteiger partial charge in [-0.05, 0) is 43.2 Å². The smallest absolute Gasteiger partial charge is 0.0676 e. The van der Waals surface area contributed by atoms with Gasteiger partial charge in [-0.3, -0.25) is 0 Å². The molecule has 17 heavy (non-hydrogen) atoms. The molecule has 0 spiro atoms. The van der Waals surface area contributed by atoms with Gasteiger partial charge in [0.1, 0.15) is 0 Å². The first kappa shape index (κ1) is 14.1. The molecule has 0 aliphatic carbocycles. The fourth-order valence-corrected chi connectivity index (χ4v) is 1.87. The van der Waals surface area contributed by atoms with E-state index in [-0.39, 0.29) is 6.04 Å². The van der Waals surface area contributed by atoms with Crippen LogP contribution in [0.3, 0.4) is 0 Å². The molecule has 0 aromatic carbocycles. The average molecular weight is 235 g/mol. The van der Waals surface area contributed by atoms with Gasteiger partial charge in [-0.25, -0.2) is 0 Å². The van der Waals surface area contributed by atoms with E-state index in [9.17, 15) is 0 Å². The standard InChI is InChI=1S/C14H25N3/c1-6-13-11(9-10(2)16-17-13)12(15)7-8-14(3,4)5/h9,12H,6-8,15H2,1-5H3. The second kappa shape index (κ2) is 5.58. The minimum absolute atomic E-state index is 0.0818. The van der Waals surface area contributed by atoms with Gasteiger partial charge >= 0.3 is 0 Å². The van der Waals surface area contributed by atoms with Crippen molar-refractivity contribution in [1.82, 2.24) is 10.2 Å². The highest BCUT2D eigenvalue weighted by Gasteiger charge is 2.16. The molecule has 1 atom stereocenters. The zero-order valence-corrected chi connectivity index (χ0v) is 11.7. The second-order valence-corrected chi connectivity index (χ2v) is 5.95. The first-order valence-corrected chi connectivity index (χ1v) is 6.42. The third-order valence-corrected chi connectivity index (χ3v) is 2.97. The Balaban J connectivity index is 2.80. The number of nitrogens with zero attached hydrogens (tertiary/aromatic N) is 2. The van der Waals surface area contributed by atoms with Crippen LogP contribution >= 0.6 is 0 Å². The predicted molar refractivity (Wildman–Crippen MR) is 71.8 cm³/mol. The number of rotatable bonds is 4. The molecule has 0 fully saturated rings. The summed E-state index contributed by atoms with van der Waals surface area (Å²) in [7, 11) is 0. The predicted octanol–water partition coefficient (Wildman–Crippen LogP) is 3.17. The van der Waals surface area contributed by atoms with Crippen LogP contribution in [0, 0.1) is 12.3 Å². The van der Waals surface area contributed by atoms with Gasteiger partial charge in [-0.2, -0.15) is 10.2 Å². The fourth-order valence-electron chi connectivity index (χ4n) is 1.87. The van der Waals surface area contributed by atoms with E-state index in [0.717, 1.165) is 30.7 Å². The van der Waals surface area contributed by atoms with Gasteiger partial charge < -0.3 is 5.73 Å². The molecule has 96 valence electrons. The van der Waals surface area contributed by atoms with Crippen LogP contribution in [0.15, 0.2) is 6.07 Å². The molecule has 2 N–H and O–H groups in total. The summed E-state index contributed by atoms with van der Waals surface area (Å²) < 4.78 is 0. The molecule has 3 nitrogen and oxygen atoms in total. The molecule has 1 unspecified atom stereocenters. The van der Waals surface area contributed by atoms with Crippen molar-refractivity contribution in [2.24, 2.45) is 11.1 Å². The van der Waals surface area contributed by atoms with E-state index in [0.29, 0.717) is 5.41 Å². The Labute approximate surface area is 105 Å². The average Bonchev–Trinajstić information content (AvgIpc) is 2.25. The van der Waals surface area contributed by atoms with E-state index >= 15 is 0 Å². The molecule has 0 aliphatic rings. The Morgan fingerprint density at radius 3 is 2.47 bits per heavy atom. The van der Waals surface area contributed by atoms with Crippen LogP contribution in [-0.4, -0.2) is 10.2 Å². The maximum atomic E-state index is 6.28. The van der Waals surface area contributed by atoms with E-state index in [1.807, 2.05) is 6.92 Å². The van der Waals surface area contributed by atoms with Crippen molar-refractivity contribution in [3.05, 3.63) is 23.0 Å². The number of nitrogens with two attached hydrogens (primary N) is 1. The highest BCUT2D eigenvalue weighted by Crippen LogP contribution is 2.27. The Morgan fingerprint density at radius 1 is 1.29 bits per heavy atom. The van der Waals surface area contributed by atoms with E-state index in [4.69, 9.17) is 5.73 Å². The maximum absolute atomic E-state index is 6.28. The summed E-state index contributed by atoms with van der Waals surface area (Å²) in [5.74, 6) is 0. The van der Waals surface area contributed by atoms with Crippen molar-refractivity contribution in [2.45, 2.75) is 59.9 Å². The van der Waals surface area contributed by atoms with Gasteiger partial charge in [0.25, 0.3) is 0 Å². The van der Waals surface area contributed by atoms with Crippen molar-refractivity contribution < 1.29 is 0 Å². The third-order valence-electron chi connectivity index (χ3n) is 2.97. The van der Waals surface area contributed by atoms with Gasteiger partial charge in [0, 0.05) is 6.04 Å². The monoisotopic (exact) mass is 235 g/mol. The minimum atomic E-state index is 0.0818. The van der Waals surface area contributed by atoms with Gasteiger partial charge in [-0.15, -0.1) is 0 Å². The quantitative estimate of drug-likeness (QED) is 0.872. The molecule has 0 saturated carbocycles. The fraction of sp³-hybridized carbons (Fsp3) is 0.714. The first-order valence-electron chi connectivity index (χ1n) is 6.42. The van der Waals surface area contributed by atoms with Crippen LogP contribution < -0.4 is 5.73 Å². The zero-order valence-electron chi connectivity index (χ0n) is 11.7. The van der Waals surface area contributed by atoms with Gasteiger partial charge in [0.15, 0.2) is 0 Å². The molecule has 1 aromatic rings. The number of hydrogen-bond donors (Lipinski definition) is 1. The molecule has 0 aliphatic heterocycles. The van der Waals surface area contributed by atoms with E-state index in [1.165, 1.54) is 5.56 Å². The molecular formula is C14H25N3. The lowest BCUT2D eigenvalue weighted by Crippen LogP contribution is -2.17. The molecule has 0 radical (unpaired) electrons. The van der Waals surface area contributed by atoms with Crippen LogP contribution in [0.2, 0.25) is 0 Å². The van der Waals surface area contributed by atoms with Crippen LogP contribution in [0.4, 0.5) is 0 Å². The summed E-state index contributed by atoms with van der Waals surface area (Å²) >= 11 is 0. The Hall–Kier alpha value is -0.960. The molecule has 3 heteroatoms. The molecule has 1 aromatic heterocycles. The summed E-state index contributed by atoms with van der Waals surface area (Å²) in [5, 5.41) is 8.33. The highest BCUT2D eigenvalue weighted by molar-refractivity contribution is 5.24. The van der Waals surface area contributed by atoms with Gasteiger partial charge in [0.05, 0.1) is 11.4 Å². The summed E-state index contributed by atoms with van der Waals surface area (Å²) in [6.07, 6.45) is 3.02. The van der Waals surface area contributed by atoms with Crippen molar-refractivity contribution in [2.75, 3.05) is 0 Å². The molecule has 1 heterocycles. The Kier molecular flexibility index (Phi) is 4.63. The summed E-state index contributed by atoms with van der Waals surface area (Å²) in [4.78, 5) is 0. The minimum Gasteiger partial charge on any atom is -0.324 e. The van der Waals surface area contributed by atoms with Gasteiger partial charge in [0.2, 0.25) is 0 Å². The van der Waals surface area contributed by atoms with E-state index in [2.05, 4.69) is 44.0 Å². The van der Waals surface area contributed by atoms with Crippen LogP contribution in [0.5, 0.6) is 0 Å². The Morgan fingerprint density at radius 2 is 1.94 bits per heavy atom. The SMILES string of the molecule is CCc1nnc(C)cc1C(N)CCC(C)(C)C. The van der Waals surface area contributed by atoms with Crippen LogP contribution in [0.1, 0.15) is 63.5 Å². The summed E-state index contributed by atoms with van der Waals surface area (Å²) in [6.45, 7) is 10.8. The Bertz CT molecular complexity index is 366. The number of hydrogen-bond acceptors (Lipinski definition) is 3. The lowest BCUT2D eigenvalue weighted by Gasteiger charge is -2.22. The third kappa shape index (κ3) is 4.43. The topological polar surface area (TPSA) is 51.8 Å². The van der Waals surface area contributed by atoms with Crippen molar-refractivity contribution in [1.29, 1.82) is 0 Å². The second-order valence-electron chi connectivity index (χ2n) is 5.95. The molecular weight excluding hydrogens is 210 g/mol. The summed E-state index contributed by atoms with van der Waals surface area (Å²) in [6, 6.07) is 2.16. The lowest BCUT2D eigenvalue weighted by atomic mass is 9.87. The largest absolute Gasteiger partial charge is 0.324 e. The number of aryl methyl sites for hydroxylation is 2.